The molecule has 0 aliphatic heterocycles. The standard InChI is InChI=1S/C17H35N3O5/c1-12(20-15(22)25-17(5,6)7)13(18-8)23-11-9-10-19-14(21)24-16(2,3)4/h12-13,18H,9-11H2,1-8H3,(H,19,21)(H,20,22)/t12-,13?/m0/s1. The molecule has 3 N–H and O–H groups in total. The van der Waals surface area contributed by atoms with Crippen LogP contribution in [-0.4, -0.2) is 55.9 Å². The Hall–Kier alpha value is -1.54. The highest BCUT2D eigenvalue weighted by molar-refractivity contribution is 5.68. The molecule has 0 saturated carbocycles. The van der Waals surface area contributed by atoms with Crippen LogP contribution in [0.3, 0.4) is 0 Å². The molecule has 0 rings (SSSR count). The highest BCUT2D eigenvalue weighted by Gasteiger charge is 2.22. The first kappa shape index (κ1) is 23.5. The SMILES string of the molecule is CNC(OCCCNC(=O)OC(C)(C)C)[C@H](C)NC(=O)OC(C)(C)C. The maximum atomic E-state index is 11.8. The quantitative estimate of drug-likeness (QED) is 0.454. The van der Waals surface area contributed by atoms with Gasteiger partial charge in [0.25, 0.3) is 0 Å². The van der Waals surface area contributed by atoms with Gasteiger partial charge in [-0.3, -0.25) is 5.32 Å². The van der Waals surface area contributed by atoms with E-state index < -0.39 is 23.4 Å². The summed E-state index contributed by atoms with van der Waals surface area (Å²) in [6, 6.07) is -0.279. The second-order valence-corrected chi connectivity index (χ2v) is 7.80. The number of carbonyl (C=O) groups is 2. The summed E-state index contributed by atoms with van der Waals surface area (Å²) in [5.74, 6) is 0. The van der Waals surface area contributed by atoms with Gasteiger partial charge in [-0.05, 0) is 61.9 Å². The minimum Gasteiger partial charge on any atom is -0.444 e. The topological polar surface area (TPSA) is 97.9 Å². The number of amides is 2. The van der Waals surface area contributed by atoms with E-state index in [0.717, 1.165) is 0 Å². The lowest BCUT2D eigenvalue weighted by Crippen LogP contribution is -2.50. The first-order valence-corrected chi connectivity index (χ1v) is 8.59. The Morgan fingerprint density at radius 3 is 1.96 bits per heavy atom. The Labute approximate surface area is 151 Å². The number of alkyl carbamates (subject to hydrolysis) is 2. The maximum absolute atomic E-state index is 11.8. The van der Waals surface area contributed by atoms with Crippen LogP contribution < -0.4 is 16.0 Å². The first-order valence-electron chi connectivity index (χ1n) is 8.59. The summed E-state index contributed by atoms with van der Waals surface area (Å²) in [5.41, 5.74) is -1.06. The Morgan fingerprint density at radius 1 is 0.960 bits per heavy atom. The van der Waals surface area contributed by atoms with Crippen molar-refractivity contribution >= 4 is 12.2 Å². The van der Waals surface area contributed by atoms with E-state index in [1.807, 2.05) is 27.7 Å². The van der Waals surface area contributed by atoms with Gasteiger partial charge in [-0.25, -0.2) is 9.59 Å². The smallest absolute Gasteiger partial charge is 0.408 e. The molecule has 0 spiro atoms. The number of ether oxygens (including phenoxy) is 3. The van der Waals surface area contributed by atoms with E-state index in [4.69, 9.17) is 14.2 Å². The number of nitrogens with one attached hydrogen (secondary N) is 3. The molecular weight excluding hydrogens is 326 g/mol. The molecule has 0 fully saturated rings. The zero-order valence-corrected chi connectivity index (χ0v) is 16.8. The van der Waals surface area contributed by atoms with Gasteiger partial charge >= 0.3 is 12.2 Å². The molecule has 0 bridgehead atoms. The van der Waals surface area contributed by atoms with Crippen molar-refractivity contribution in [2.24, 2.45) is 0 Å². The molecule has 2 amide bonds. The normalized spacial score (nSPS) is 14.4. The summed E-state index contributed by atoms with van der Waals surface area (Å²) in [6.45, 7) is 13.5. The summed E-state index contributed by atoms with van der Waals surface area (Å²) < 4.78 is 16.1. The number of likely N-dealkylation sites (N-methyl/N-ethyl adjacent to an activating group) is 1. The summed E-state index contributed by atoms with van der Waals surface area (Å²) in [4.78, 5) is 23.3. The van der Waals surface area contributed by atoms with Gasteiger partial charge in [0.05, 0.1) is 12.6 Å². The van der Waals surface area contributed by atoms with E-state index in [0.29, 0.717) is 19.6 Å². The Kier molecular flexibility index (Phi) is 9.81. The Bertz CT molecular complexity index is 415. The average Bonchev–Trinajstić information content (AvgIpc) is 2.38. The van der Waals surface area contributed by atoms with E-state index >= 15 is 0 Å². The third-order valence-electron chi connectivity index (χ3n) is 2.77. The van der Waals surface area contributed by atoms with Crippen LogP contribution in [0.25, 0.3) is 0 Å². The van der Waals surface area contributed by atoms with Crippen molar-refractivity contribution in [2.75, 3.05) is 20.2 Å². The lowest BCUT2D eigenvalue weighted by molar-refractivity contribution is 0.00312. The van der Waals surface area contributed by atoms with E-state index in [2.05, 4.69) is 16.0 Å². The Balaban J connectivity index is 4.05. The van der Waals surface area contributed by atoms with Crippen molar-refractivity contribution in [3.63, 3.8) is 0 Å². The second-order valence-electron chi connectivity index (χ2n) is 7.80. The zero-order chi connectivity index (χ0) is 19.7. The summed E-state index contributed by atoms with van der Waals surface area (Å²) >= 11 is 0. The Morgan fingerprint density at radius 2 is 1.48 bits per heavy atom. The zero-order valence-electron chi connectivity index (χ0n) is 16.8. The summed E-state index contributed by atoms with van der Waals surface area (Å²) in [7, 11) is 1.75. The van der Waals surface area contributed by atoms with Crippen LogP contribution in [0.15, 0.2) is 0 Å². The first-order chi connectivity index (χ1) is 11.3. The molecular formula is C17H35N3O5. The van der Waals surface area contributed by atoms with Crippen molar-refractivity contribution in [3.05, 3.63) is 0 Å². The van der Waals surface area contributed by atoms with E-state index in [9.17, 15) is 9.59 Å². The van der Waals surface area contributed by atoms with Crippen LogP contribution >= 0.6 is 0 Å². The van der Waals surface area contributed by atoms with Gasteiger partial charge in [-0.15, -0.1) is 0 Å². The van der Waals surface area contributed by atoms with Crippen molar-refractivity contribution in [2.45, 2.75) is 78.4 Å². The second kappa shape index (κ2) is 10.5. The fraction of sp³-hybridized carbons (Fsp3) is 0.882. The van der Waals surface area contributed by atoms with Gasteiger partial charge in [0, 0.05) is 6.54 Å². The molecule has 8 nitrogen and oxygen atoms in total. The molecule has 0 heterocycles. The van der Waals surface area contributed by atoms with Crippen molar-refractivity contribution < 1.29 is 23.8 Å². The number of carbonyl (C=O) groups excluding carboxylic acids is 2. The summed E-state index contributed by atoms with van der Waals surface area (Å²) in [5, 5.41) is 8.40. The van der Waals surface area contributed by atoms with Crippen LogP contribution in [0, 0.1) is 0 Å². The van der Waals surface area contributed by atoms with E-state index in [1.165, 1.54) is 0 Å². The molecule has 0 aliphatic rings. The number of hydrogen-bond donors (Lipinski definition) is 3. The number of hydrogen-bond acceptors (Lipinski definition) is 6. The van der Waals surface area contributed by atoms with Gasteiger partial charge in [0.2, 0.25) is 0 Å². The fourth-order valence-corrected chi connectivity index (χ4v) is 1.83. The third kappa shape index (κ3) is 13.4. The minimum atomic E-state index is -0.548. The molecule has 0 aromatic heterocycles. The average molecular weight is 361 g/mol. The van der Waals surface area contributed by atoms with E-state index in [-0.39, 0.29) is 12.3 Å². The molecule has 0 saturated heterocycles. The van der Waals surface area contributed by atoms with Gasteiger partial charge in [0.15, 0.2) is 0 Å². The highest BCUT2D eigenvalue weighted by atomic mass is 16.6. The monoisotopic (exact) mass is 361 g/mol. The largest absolute Gasteiger partial charge is 0.444 e. The number of rotatable bonds is 8. The van der Waals surface area contributed by atoms with Crippen LogP contribution in [0.5, 0.6) is 0 Å². The van der Waals surface area contributed by atoms with Crippen LogP contribution in [0.1, 0.15) is 54.9 Å². The lowest BCUT2D eigenvalue weighted by atomic mass is 10.2. The molecule has 148 valence electrons. The highest BCUT2D eigenvalue weighted by Crippen LogP contribution is 2.08. The van der Waals surface area contributed by atoms with Crippen molar-refractivity contribution in [3.8, 4) is 0 Å². The maximum Gasteiger partial charge on any atom is 0.408 e. The summed E-state index contributed by atoms with van der Waals surface area (Å²) in [6.07, 6.45) is -0.682. The predicted octanol–water partition coefficient (Wildman–Crippen LogP) is 2.38. The molecule has 25 heavy (non-hydrogen) atoms. The van der Waals surface area contributed by atoms with E-state index in [1.54, 1.807) is 27.8 Å². The molecule has 1 unspecified atom stereocenters. The molecule has 8 heteroatoms. The van der Waals surface area contributed by atoms with Gasteiger partial charge in [-0.2, -0.15) is 0 Å². The molecule has 0 aromatic carbocycles. The van der Waals surface area contributed by atoms with Crippen LogP contribution in [0.4, 0.5) is 9.59 Å². The molecule has 0 aromatic rings. The van der Waals surface area contributed by atoms with Crippen LogP contribution in [-0.2, 0) is 14.2 Å². The molecule has 0 aliphatic carbocycles. The third-order valence-corrected chi connectivity index (χ3v) is 2.77. The van der Waals surface area contributed by atoms with Crippen molar-refractivity contribution in [1.82, 2.24) is 16.0 Å². The van der Waals surface area contributed by atoms with Gasteiger partial charge < -0.3 is 24.8 Å². The van der Waals surface area contributed by atoms with Crippen molar-refractivity contribution in [1.29, 1.82) is 0 Å². The minimum absolute atomic E-state index is 0.279. The van der Waals surface area contributed by atoms with Crippen LogP contribution in [0.2, 0.25) is 0 Å². The fourth-order valence-electron chi connectivity index (χ4n) is 1.83. The van der Waals surface area contributed by atoms with Gasteiger partial charge in [0.1, 0.15) is 17.4 Å². The predicted molar refractivity (Wildman–Crippen MR) is 96.5 cm³/mol. The van der Waals surface area contributed by atoms with Gasteiger partial charge in [-0.1, -0.05) is 0 Å². The molecule has 2 atom stereocenters. The molecule has 0 radical (unpaired) electrons. The lowest BCUT2D eigenvalue weighted by Gasteiger charge is -2.27.